The highest BCUT2D eigenvalue weighted by Gasteiger charge is 2.31. The van der Waals surface area contributed by atoms with Gasteiger partial charge in [-0.3, -0.25) is 0 Å². The van der Waals surface area contributed by atoms with Crippen LogP contribution >= 0.6 is 7.75 Å². The van der Waals surface area contributed by atoms with Gasteiger partial charge in [0.2, 0.25) is 0 Å². The van der Waals surface area contributed by atoms with Crippen LogP contribution in [0.3, 0.4) is 0 Å². The fourth-order valence-electron chi connectivity index (χ4n) is 3.46. The zero-order valence-corrected chi connectivity index (χ0v) is 14.1. The van der Waals surface area contributed by atoms with Crippen molar-refractivity contribution in [1.82, 2.24) is 0 Å². The Kier molecular flexibility index (Phi) is 2.96. The van der Waals surface area contributed by atoms with Crippen molar-refractivity contribution in [1.29, 1.82) is 0 Å². The van der Waals surface area contributed by atoms with Crippen molar-refractivity contribution in [3.8, 4) is 22.6 Å². The van der Waals surface area contributed by atoms with Crippen molar-refractivity contribution in [3.63, 3.8) is 0 Å². The van der Waals surface area contributed by atoms with Gasteiger partial charge in [-0.15, -0.1) is 0 Å². The molecule has 4 aromatic carbocycles. The molecule has 0 aromatic heterocycles. The standard InChI is InChI=1S/C20H14NO3P/c21-25(22)23-17-11-9-13-5-1-3-7-15(13)19(17)20-16-8-4-2-6-14(16)10-12-18(20)24-25/h1-12H,(H2,21,22). The lowest BCUT2D eigenvalue weighted by atomic mass is 9.92. The van der Waals surface area contributed by atoms with E-state index in [1.807, 2.05) is 60.7 Å². The van der Waals surface area contributed by atoms with Gasteiger partial charge in [0.25, 0.3) is 0 Å². The highest BCUT2D eigenvalue weighted by molar-refractivity contribution is 7.52. The van der Waals surface area contributed by atoms with Crippen LogP contribution in [0.1, 0.15) is 0 Å². The van der Waals surface area contributed by atoms with E-state index in [-0.39, 0.29) is 0 Å². The van der Waals surface area contributed by atoms with E-state index in [0.717, 1.165) is 32.7 Å². The second-order valence-corrected chi connectivity index (χ2v) is 7.49. The molecule has 0 saturated heterocycles. The SMILES string of the molecule is NP1(=O)Oc2ccc3ccccc3c2-c2c(ccc3ccccc23)O1. The molecule has 1 heterocycles. The Morgan fingerprint density at radius 1 is 0.640 bits per heavy atom. The molecular formula is C20H14NO3P. The molecule has 0 saturated carbocycles. The van der Waals surface area contributed by atoms with E-state index in [1.54, 1.807) is 12.1 Å². The number of fused-ring (bicyclic) bond motifs is 7. The molecule has 1 aliphatic rings. The van der Waals surface area contributed by atoms with Crippen molar-refractivity contribution in [3.05, 3.63) is 72.8 Å². The molecule has 0 amide bonds. The molecule has 0 spiro atoms. The van der Waals surface area contributed by atoms with Crippen LogP contribution in [0, 0.1) is 0 Å². The van der Waals surface area contributed by atoms with Crippen molar-refractivity contribution in [2.45, 2.75) is 0 Å². The molecule has 4 aromatic rings. The Morgan fingerprint density at radius 3 is 1.56 bits per heavy atom. The molecule has 5 heteroatoms. The highest BCUT2D eigenvalue weighted by Crippen LogP contribution is 2.55. The highest BCUT2D eigenvalue weighted by atomic mass is 31.2. The van der Waals surface area contributed by atoms with Crippen LogP contribution < -0.4 is 14.6 Å². The zero-order chi connectivity index (χ0) is 17.0. The topological polar surface area (TPSA) is 61.6 Å². The van der Waals surface area contributed by atoms with Crippen LogP contribution in [-0.4, -0.2) is 0 Å². The van der Waals surface area contributed by atoms with Gasteiger partial charge < -0.3 is 9.05 Å². The lowest BCUT2D eigenvalue weighted by molar-refractivity contribution is 0.393. The van der Waals surface area contributed by atoms with Gasteiger partial charge in [0.1, 0.15) is 11.5 Å². The second kappa shape index (κ2) is 5.09. The predicted octanol–water partition coefficient (Wildman–Crippen LogP) is 5.50. The van der Waals surface area contributed by atoms with Gasteiger partial charge in [0.05, 0.1) is 0 Å². The maximum absolute atomic E-state index is 12.6. The third kappa shape index (κ3) is 2.23. The largest absolute Gasteiger partial charge is 0.510 e. The molecule has 0 unspecified atom stereocenters. The first kappa shape index (κ1) is 14.5. The van der Waals surface area contributed by atoms with E-state index < -0.39 is 7.75 Å². The molecule has 4 nitrogen and oxygen atoms in total. The minimum atomic E-state index is -3.75. The molecule has 0 aliphatic carbocycles. The first-order chi connectivity index (χ1) is 12.1. The summed E-state index contributed by atoms with van der Waals surface area (Å²) in [7, 11) is -3.75. The average Bonchev–Trinajstić information content (AvgIpc) is 2.73. The van der Waals surface area contributed by atoms with Crippen LogP contribution in [0.4, 0.5) is 0 Å². The quantitative estimate of drug-likeness (QED) is 0.427. The number of hydrogen-bond acceptors (Lipinski definition) is 3. The summed E-state index contributed by atoms with van der Waals surface area (Å²) in [5, 5.41) is 4.14. The first-order valence-corrected chi connectivity index (χ1v) is 9.55. The molecule has 2 N–H and O–H groups in total. The molecule has 0 bridgehead atoms. The predicted molar refractivity (Wildman–Crippen MR) is 99.9 cm³/mol. The van der Waals surface area contributed by atoms with E-state index in [4.69, 9.17) is 14.6 Å². The van der Waals surface area contributed by atoms with E-state index >= 15 is 0 Å². The van der Waals surface area contributed by atoms with Crippen LogP contribution in [0.5, 0.6) is 11.5 Å². The molecule has 5 rings (SSSR count). The number of benzene rings is 4. The number of nitrogens with two attached hydrogens (primary N) is 1. The van der Waals surface area contributed by atoms with Crippen LogP contribution in [-0.2, 0) is 4.57 Å². The van der Waals surface area contributed by atoms with Crippen LogP contribution in [0.25, 0.3) is 32.7 Å². The summed E-state index contributed by atoms with van der Waals surface area (Å²) in [6.45, 7) is 0. The number of rotatable bonds is 0. The smallest absolute Gasteiger partial charge is 0.404 e. The van der Waals surface area contributed by atoms with Gasteiger partial charge in [-0.25, -0.2) is 10.1 Å². The van der Waals surface area contributed by atoms with Gasteiger partial charge in [0, 0.05) is 11.1 Å². The minimum absolute atomic E-state index is 0.472. The Bertz CT molecular complexity index is 1110. The van der Waals surface area contributed by atoms with Crippen LogP contribution in [0.2, 0.25) is 0 Å². The van der Waals surface area contributed by atoms with Gasteiger partial charge in [-0.05, 0) is 33.7 Å². The van der Waals surface area contributed by atoms with Crippen molar-refractivity contribution >= 4 is 29.3 Å². The van der Waals surface area contributed by atoms with E-state index in [0.29, 0.717) is 11.5 Å². The molecule has 25 heavy (non-hydrogen) atoms. The normalized spacial score (nSPS) is 14.9. The molecule has 122 valence electrons. The van der Waals surface area contributed by atoms with Gasteiger partial charge in [-0.1, -0.05) is 60.7 Å². The van der Waals surface area contributed by atoms with Crippen molar-refractivity contribution in [2.24, 2.45) is 5.50 Å². The number of hydrogen-bond donors (Lipinski definition) is 1. The zero-order valence-electron chi connectivity index (χ0n) is 13.2. The Labute approximate surface area is 144 Å². The first-order valence-electron chi connectivity index (χ1n) is 7.94. The fraction of sp³-hybridized carbons (Fsp3) is 0. The van der Waals surface area contributed by atoms with Gasteiger partial charge >= 0.3 is 7.75 Å². The Balaban J connectivity index is 2.02. The summed E-state index contributed by atoms with van der Waals surface area (Å²) >= 11 is 0. The fourth-order valence-corrected chi connectivity index (χ4v) is 4.35. The van der Waals surface area contributed by atoms with E-state index in [1.165, 1.54) is 0 Å². The lowest BCUT2D eigenvalue weighted by Gasteiger charge is -2.13. The van der Waals surface area contributed by atoms with E-state index in [2.05, 4.69) is 0 Å². The molecule has 1 aliphatic heterocycles. The molecule has 0 fully saturated rings. The molecule has 0 atom stereocenters. The Morgan fingerprint density at radius 2 is 1.08 bits per heavy atom. The third-order valence-corrected chi connectivity index (χ3v) is 5.39. The lowest BCUT2D eigenvalue weighted by Crippen LogP contribution is -2.07. The average molecular weight is 347 g/mol. The van der Waals surface area contributed by atoms with Crippen molar-refractivity contribution in [2.75, 3.05) is 0 Å². The molecular weight excluding hydrogens is 333 g/mol. The Hall–Kier alpha value is -2.81. The monoisotopic (exact) mass is 347 g/mol. The third-order valence-electron chi connectivity index (χ3n) is 4.48. The minimum Gasteiger partial charge on any atom is -0.404 e. The summed E-state index contributed by atoms with van der Waals surface area (Å²) in [6.07, 6.45) is 0. The summed E-state index contributed by atoms with van der Waals surface area (Å²) in [6, 6.07) is 23.5. The summed E-state index contributed by atoms with van der Waals surface area (Å²) in [5.41, 5.74) is 7.52. The second-order valence-electron chi connectivity index (χ2n) is 6.04. The molecule has 0 radical (unpaired) electrons. The van der Waals surface area contributed by atoms with Crippen LogP contribution in [0.15, 0.2) is 72.8 Å². The maximum atomic E-state index is 12.6. The van der Waals surface area contributed by atoms with Gasteiger partial charge in [0.15, 0.2) is 0 Å². The van der Waals surface area contributed by atoms with Crippen molar-refractivity contribution < 1.29 is 13.6 Å². The summed E-state index contributed by atoms with van der Waals surface area (Å²) in [5.74, 6) is 0.944. The summed E-state index contributed by atoms with van der Waals surface area (Å²) < 4.78 is 23.8. The maximum Gasteiger partial charge on any atom is 0.510 e. The van der Waals surface area contributed by atoms with Gasteiger partial charge in [-0.2, -0.15) is 0 Å². The summed E-state index contributed by atoms with van der Waals surface area (Å²) in [4.78, 5) is 0. The van der Waals surface area contributed by atoms with E-state index in [9.17, 15) is 4.57 Å².